The molecule has 0 aliphatic rings. The molecule has 104 valence electrons. The molecule has 0 fully saturated rings. The lowest BCUT2D eigenvalue weighted by Gasteiger charge is -2.16. The van der Waals surface area contributed by atoms with Crippen LogP contribution in [0.4, 0.5) is 0 Å². The van der Waals surface area contributed by atoms with Crippen LogP contribution in [0.3, 0.4) is 0 Å². The number of nitrogens with one attached hydrogen (secondary N) is 1. The highest BCUT2D eigenvalue weighted by atomic mass is 31.2. The molecule has 0 saturated carbocycles. The zero-order valence-electron chi connectivity index (χ0n) is 11.1. The summed E-state index contributed by atoms with van der Waals surface area (Å²) in [6.45, 7) is 5.47. The van der Waals surface area contributed by atoms with Crippen molar-refractivity contribution in [2.75, 3.05) is 26.4 Å². The predicted molar refractivity (Wildman–Crippen MR) is 68.5 cm³/mol. The Morgan fingerprint density at radius 1 is 1.39 bits per heavy atom. The second-order valence-corrected chi connectivity index (χ2v) is 5.86. The van der Waals surface area contributed by atoms with Crippen molar-refractivity contribution < 1.29 is 13.6 Å². The van der Waals surface area contributed by atoms with Crippen LogP contribution >= 0.6 is 7.60 Å². The van der Waals surface area contributed by atoms with E-state index in [9.17, 15) is 4.57 Å². The molecule has 0 atom stereocenters. The maximum atomic E-state index is 12.2. The van der Waals surface area contributed by atoms with Gasteiger partial charge in [-0.3, -0.25) is 9.25 Å². The van der Waals surface area contributed by atoms with Gasteiger partial charge in [-0.25, -0.2) is 0 Å². The quantitative estimate of drug-likeness (QED) is 0.684. The van der Waals surface area contributed by atoms with Crippen molar-refractivity contribution >= 4 is 7.60 Å². The van der Waals surface area contributed by atoms with Gasteiger partial charge in [-0.15, -0.1) is 5.10 Å². The smallest absolute Gasteiger partial charge is 0.314 e. The maximum Gasteiger partial charge on any atom is 0.332 e. The Labute approximate surface area is 107 Å². The fourth-order valence-electron chi connectivity index (χ4n) is 1.49. The molecule has 7 nitrogen and oxygen atoms in total. The lowest BCUT2D eigenvalue weighted by Crippen LogP contribution is -2.08. The summed E-state index contributed by atoms with van der Waals surface area (Å²) in [6, 6.07) is 0. The second kappa shape index (κ2) is 7.63. The number of aromatic nitrogens is 3. The molecule has 1 heterocycles. The standard InChI is InChI=1S/C10H21N4O3P/c1-4-16-18(15,17-5-2)7-6-14-9-10(8-11-3)12-13-14/h9,11H,4-8H2,1-3H3. The molecule has 8 heteroatoms. The van der Waals surface area contributed by atoms with Gasteiger partial charge in [0, 0.05) is 12.7 Å². The summed E-state index contributed by atoms with van der Waals surface area (Å²) in [7, 11) is -1.15. The van der Waals surface area contributed by atoms with Crippen molar-refractivity contribution in [3.8, 4) is 0 Å². The summed E-state index contributed by atoms with van der Waals surface area (Å²) in [6.07, 6.45) is 2.12. The Bertz CT molecular complexity index is 386. The SMILES string of the molecule is CCOP(=O)(CCn1cc(CNC)nn1)OCC. The molecule has 0 amide bonds. The van der Waals surface area contributed by atoms with Gasteiger partial charge < -0.3 is 14.4 Å². The van der Waals surface area contributed by atoms with Crippen LogP contribution in [0, 0.1) is 0 Å². The highest BCUT2D eigenvalue weighted by molar-refractivity contribution is 7.53. The van der Waals surface area contributed by atoms with Gasteiger partial charge in [-0.1, -0.05) is 5.21 Å². The van der Waals surface area contributed by atoms with Crippen molar-refractivity contribution in [2.45, 2.75) is 26.9 Å². The van der Waals surface area contributed by atoms with Gasteiger partial charge in [-0.05, 0) is 20.9 Å². The molecule has 0 bridgehead atoms. The first-order chi connectivity index (χ1) is 8.63. The van der Waals surface area contributed by atoms with E-state index in [0.717, 1.165) is 5.69 Å². The molecule has 1 rings (SSSR count). The molecular weight excluding hydrogens is 255 g/mol. The van der Waals surface area contributed by atoms with Crippen molar-refractivity contribution in [1.29, 1.82) is 0 Å². The lowest BCUT2D eigenvalue weighted by atomic mass is 10.5. The molecule has 0 radical (unpaired) electrons. The van der Waals surface area contributed by atoms with Crippen LogP contribution in [0.1, 0.15) is 19.5 Å². The molecule has 0 aromatic carbocycles. The monoisotopic (exact) mass is 276 g/mol. The van der Waals surface area contributed by atoms with Gasteiger partial charge in [0.25, 0.3) is 0 Å². The number of hydrogen-bond donors (Lipinski definition) is 1. The van der Waals surface area contributed by atoms with E-state index in [4.69, 9.17) is 9.05 Å². The Morgan fingerprint density at radius 2 is 2.06 bits per heavy atom. The van der Waals surface area contributed by atoms with E-state index in [1.165, 1.54) is 0 Å². The first kappa shape index (κ1) is 15.3. The predicted octanol–water partition coefficient (Wildman–Crippen LogP) is 1.26. The fraction of sp³-hybridized carbons (Fsp3) is 0.800. The number of hydrogen-bond acceptors (Lipinski definition) is 6. The zero-order valence-corrected chi connectivity index (χ0v) is 12.0. The third-order valence-corrected chi connectivity index (χ3v) is 4.25. The summed E-state index contributed by atoms with van der Waals surface area (Å²) < 4.78 is 24.3. The first-order valence-corrected chi connectivity index (χ1v) is 7.78. The minimum Gasteiger partial charge on any atom is -0.314 e. The van der Waals surface area contributed by atoms with Crippen LogP contribution in [0.15, 0.2) is 6.20 Å². The fourth-order valence-corrected chi connectivity index (χ4v) is 3.06. The highest BCUT2D eigenvalue weighted by Gasteiger charge is 2.23. The van der Waals surface area contributed by atoms with Crippen LogP contribution in [-0.2, 0) is 26.7 Å². The highest BCUT2D eigenvalue weighted by Crippen LogP contribution is 2.47. The van der Waals surface area contributed by atoms with Crippen molar-refractivity contribution in [3.05, 3.63) is 11.9 Å². The minimum atomic E-state index is -3.00. The van der Waals surface area contributed by atoms with Gasteiger partial charge in [0.2, 0.25) is 0 Å². The number of aryl methyl sites for hydroxylation is 1. The zero-order chi connectivity index (χ0) is 13.4. The molecule has 0 aliphatic heterocycles. The van der Waals surface area contributed by atoms with Crippen LogP contribution in [0.5, 0.6) is 0 Å². The van der Waals surface area contributed by atoms with Gasteiger partial charge in [0.15, 0.2) is 0 Å². The van der Waals surface area contributed by atoms with E-state index in [1.54, 1.807) is 18.5 Å². The van der Waals surface area contributed by atoms with E-state index in [1.807, 2.05) is 13.2 Å². The van der Waals surface area contributed by atoms with Crippen molar-refractivity contribution in [2.24, 2.45) is 0 Å². The number of nitrogens with zero attached hydrogens (tertiary/aromatic N) is 3. The maximum absolute atomic E-state index is 12.2. The Morgan fingerprint density at radius 3 is 2.61 bits per heavy atom. The van der Waals surface area contributed by atoms with E-state index in [2.05, 4.69) is 15.6 Å². The van der Waals surface area contributed by atoms with Crippen molar-refractivity contribution in [3.63, 3.8) is 0 Å². The second-order valence-electron chi connectivity index (χ2n) is 3.67. The summed E-state index contributed by atoms with van der Waals surface area (Å²) in [4.78, 5) is 0. The van der Waals surface area contributed by atoms with Gasteiger partial charge in [-0.2, -0.15) is 0 Å². The number of rotatable bonds is 9. The van der Waals surface area contributed by atoms with Crippen molar-refractivity contribution in [1.82, 2.24) is 20.3 Å². The average molecular weight is 276 g/mol. The molecular formula is C10H21N4O3P. The average Bonchev–Trinajstić information content (AvgIpc) is 2.76. The molecule has 1 aromatic heterocycles. The largest absolute Gasteiger partial charge is 0.332 e. The van der Waals surface area contributed by atoms with Gasteiger partial charge in [0.05, 0.1) is 31.6 Å². The summed E-state index contributed by atoms with van der Waals surface area (Å²) >= 11 is 0. The van der Waals surface area contributed by atoms with Crippen LogP contribution in [0.25, 0.3) is 0 Å². The molecule has 1 aromatic rings. The molecule has 18 heavy (non-hydrogen) atoms. The Kier molecular flexibility index (Phi) is 6.49. The third-order valence-electron chi connectivity index (χ3n) is 2.20. The Balaban J connectivity index is 2.52. The van der Waals surface area contributed by atoms with Crippen LogP contribution < -0.4 is 5.32 Å². The van der Waals surface area contributed by atoms with Gasteiger partial charge >= 0.3 is 7.60 Å². The van der Waals surface area contributed by atoms with Gasteiger partial charge in [0.1, 0.15) is 0 Å². The molecule has 0 unspecified atom stereocenters. The van der Waals surface area contributed by atoms with E-state index >= 15 is 0 Å². The van der Waals surface area contributed by atoms with Crippen LogP contribution in [-0.4, -0.2) is 41.4 Å². The summed E-state index contributed by atoms with van der Waals surface area (Å²) in [5, 5.41) is 10.9. The molecule has 0 spiro atoms. The molecule has 1 N–H and O–H groups in total. The normalized spacial score (nSPS) is 11.9. The first-order valence-electron chi connectivity index (χ1n) is 6.05. The van der Waals surface area contributed by atoms with Crippen LogP contribution in [0.2, 0.25) is 0 Å². The van der Waals surface area contributed by atoms with E-state index < -0.39 is 7.60 Å². The minimum absolute atomic E-state index is 0.303. The topological polar surface area (TPSA) is 78.3 Å². The summed E-state index contributed by atoms with van der Waals surface area (Å²) in [5.41, 5.74) is 0.847. The van der Waals surface area contributed by atoms with E-state index in [-0.39, 0.29) is 0 Å². The van der Waals surface area contributed by atoms with E-state index in [0.29, 0.717) is 32.5 Å². The summed E-state index contributed by atoms with van der Waals surface area (Å²) in [5.74, 6) is 0. The third kappa shape index (κ3) is 4.86. The molecule has 0 saturated heterocycles. The Hall–Kier alpha value is -0.750. The molecule has 0 aliphatic carbocycles. The lowest BCUT2D eigenvalue weighted by molar-refractivity contribution is 0.218.